The molecule has 9 heteroatoms. The normalized spacial score (nSPS) is 24.5. The van der Waals surface area contributed by atoms with Crippen molar-refractivity contribution in [1.29, 1.82) is 0 Å². The van der Waals surface area contributed by atoms with Gasteiger partial charge in [0.2, 0.25) is 0 Å². The van der Waals surface area contributed by atoms with Gasteiger partial charge in [-0.15, -0.1) is 0 Å². The van der Waals surface area contributed by atoms with Crippen LogP contribution in [0.4, 0.5) is 14.5 Å². The largest absolute Gasteiger partial charge is 0.481 e. The third kappa shape index (κ3) is 4.85. The Kier molecular flexibility index (Phi) is 6.53. The number of nitrogens with two attached hydrogens (primary N) is 1. The molecule has 0 spiro atoms. The van der Waals surface area contributed by atoms with Gasteiger partial charge in [-0.25, -0.2) is 13.8 Å². The first kappa shape index (κ1) is 25.4. The number of nitrogens with one attached hydrogen (secondary N) is 2. The number of benzene rings is 2. The summed E-state index contributed by atoms with van der Waals surface area (Å²) in [5.74, 6) is -0.970. The first-order chi connectivity index (χ1) is 17.5. The summed E-state index contributed by atoms with van der Waals surface area (Å²) in [4.78, 5) is 20.4. The lowest BCUT2D eigenvalue weighted by molar-refractivity contribution is -0.148. The van der Waals surface area contributed by atoms with Gasteiger partial charge in [-0.1, -0.05) is 39.0 Å². The van der Waals surface area contributed by atoms with E-state index in [1.807, 2.05) is 12.1 Å². The third-order valence-electron chi connectivity index (χ3n) is 7.67. The van der Waals surface area contributed by atoms with Crippen LogP contribution in [0.2, 0.25) is 0 Å². The Morgan fingerprint density at radius 1 is 1.19 bits per heavy atom. The molecule has 3 aromatic rings. The highest BCUT2D eigenvalue weighted by Crippen LogP contribution is 2.38. The number of fused-ring (bicyclic) bond motifs is 5. The number of para-hydroxylation sites is 1. The van der Waals surface area contributed by atoms with Gasteiger partial charge in [-0.3, -0.25) is 4.79 Å². The molecule has 4 aliphatic rings. The SMILES string of the molecule is CC(C)(C)c1cccc2c1NC(c1c[nH]c3c(F)cc(F)cc13)=NC2N.O=C(O)C1CN2CCC1CC2. The van der Waals surface area contributed by atoms with Crippen molar-refractivity contribution in [1.82, 2.24) is 9.88 Å². The van der Waals surface area contributed by atoms with Gasteiger partial charge in [0.1, 0.15) is 23.6 Å². The fourth-order valence-corrected chi connectivity index (χ4v) is 5.67. The van der Waals surface area contributed by atoms with Crippen LogP contribution in [0.15, 0.2) is 41.5 Å². The molecular weight excluding hydrogens is 476 g/mol. The Hall–Kier alpha value is -3.30. The molecule has 2 unspecified atom stereocenters. The number of amidine groups is 1. The first-order valence-corrected chi connectivity index (χ1v) is 12.7. The number of piperidine rings is 3. The molecule has 7 nitrogen and oxygen atoms in total. The second-order valence-electron chi connectivity index (χ2n) is 11.2. The fraction of sp³-hybridized carbons (Fsp3) is 0.429. The summed E-state index contributed by atoms with van der Waals surface area (Å²) in [6, 6.07) is 8.12. The quantitative estimate of drug-likeness (QED) is 0.390. The number of anilines is 1. The second-order valence-corrected chi connectivity index (χ2v) is 11.2. The number of carboxylic acids is 1. The summed E-state index contributed by atoms with van der Waals surface area (Å²) >= 11 is 0. The highest BCUT2D eigenvalue weighted by atomic mass is 19.1. The standard InChI is InChI=1S/C20H20F2N4.C8H13NO2/c1-20(2,3)14-6-4-5-11-16(14)25-19(26-18(11)23)13-9-24-17-12(13)7-10(21)8-15(17)22;10-8(11)7-5-9-3-1-6(7)2-4-9/h4-9,18,24H,23H2,1-3H3,(H,25,26);6-7H,1-5H2,(H,10,11). The number of aliphatic imine (C=N–C) groups is 1. The highest BCUT2D eigenvalue weighted by Gasteiger charge is 2.38. The Labute approximate surface area is 214 Å². The Morgan fingerprint density at radius 2 is 1.92 bits per heavy atom. The Bertz CT molecular complexity index is 1370. The summed E-state index contributed by atoms with van der Waals surface area (Å²) in [5, 5.41) is 12.6. The van der Waals surface area contributed by atoms with Crippen molar-refractivity contribution in [3.63, 3.8) is 0 Å². The van der Waals surface area contributed by atoms with E-state index in [1.54, 1.807) is 6.20 Å². The number of rotatable bonds is 2. The fourth-order valence-electron chi connectivity index (χ4n) is 5.67. The molecule has 0 amide bonds. The summed E-state index contributed by atoms with van der Waals surface area (Å²) < 4.78 is 27.7. The van der Waals surface area contributed by atoms with Crippen LogP contribution in [0.5, 0.6) is 0 Å². The van der Waals surface area contributed by atoms with Crippen molar-refractivity contribution >= 4 is 28.4 Å². The van der Waals surface area contributed by atoms with Crippen molar-refractivity contribution in [2.75, 3.05) is 25.0 Å². The molecule has 0 radical (unpaired) electrons. The number of hydrogen-bond acceptors (Lipinski definition) is 5. The van der Waals surface area contributed by atoms with E-state index in [0.29, 0.717) is 22.7 Å². The minimum atomic E-state index is -0.636. The van der Waals surface area contributed by atoms with Crippen molar-refractivity contribution in [2.24, 2.45) is 22.6 Å². The average molecular weight is 510 g/mol. The predicted molar refractivity (Wildman–Crippen MR) is 141 cm³/mol. The van der Waals surface area contributed by atoms with Crippen LogP contribution in [0.3, 0.4) is 0 Å². The zero-order valence-corrected chi connectivity index (χ0v) is 21.3. The molecule has 0 saturated carbocycles. The summed E-state index contributed by atoms with van der Waals surface area (Å²) in [7, 11) is 0. The first-order valence-electron chi connectivity index (χ1n) is 12.7. The topological polar surface area (TPSA) is 107 Å². The molecule has 2 bridgehead atoms. The van der Waals surface area contributed by atoms with Gasteiger partial charge in [0.25, 0.3) is 0 Å². The van der Waals surface area contributed by atoms with Crippen LogP contribution >= 0.6 is 0 Å². The van der Waals surface area contributed by atoms with Crippen LogP contribution in [-0.2, 0) is 10.2 Å². The van der Waals surface area contributed by atoms with Crippen molar-refractivity contribution < 1.29 is 18.7 Å². The lowest BCUT2D eigenvalue weighted by atomic mass is 9.79. The molecule has 37 heavy (non-hydrogen) atoms. The molecule has 5 N–H and O–H groups in total. The smallest absolute Gasteiger partial charge is 0.308 e. The van der Waals surface area contributed by atoms with E-state index in [0.717, 1.165) is 55.4 Å². The van der Waals surface area contributed by atoms with Crippen molar-refractivity contribution in [3.8, 4) is 0 Å². The molecule has 4 aliphatic heterocycles. The summed E-state index contributed by atoms with van der Waals surface area (Å²) in [5.41, 5.74) is 9.92. The minimum Gasteiger partial charge on any atom is -0.481 e. The van der Waals surface area contributed by atoms with Gasteiger partial charge in [0.15, 0.2) is 0 Å². The van der Waals surface area contributed by atoms with Crippen LogP contribution in [0.1, 0.15) is 56.5 Å². The van der Waals surface area contributed by atoms with Gasteiger partial charge >= 0.3 is 5.97 Å². The molecule has 3 fully saturated rings. The maximum Gasteiger partial charge on any atom is 0.308 e. The lowest BCUT2D eigenvalue weighted by Crippen LogP contribution is -2.49. The van der Waals surface area contributed by atoms with Crippen LogP contribution in [0.25, 0.3) is 10.9 Å². The number of hydrogen-bond donors (Lipinski definition) is 4. The average Bonchev–Trinajstić information content (AvgIpc) is 3.28. The highest BCUT2D eigenvalue weighted by molar-refractivity contribution is 6.17. The second kappa shape index (κ2) is 9.54. The van der Waals surface area contributed by atoms with E-state index < -0.39 is 23.8 Å². The van der Waals surface area contributed by atoms with Gasteiger partial charge < -0.3 is 26.0 Å². The van der Waals surface area contributed by atoms with E-state index in [4.69, 9.17) is 10.8 Å². The molecule has 2 atom stereocenters. The van der Waals surface area contributed by atoms with Gasteiger partial charge in [-0.05, 0) is 48.9 Å². The van der Waals surface area contributed by atoms with Crippen LogP contribution in [-0.4, -0.2) is 46.4 Å². The molecule has 196 valence electrons. The van der Waals surface area contributed by atoms with Crippen LogP contribution in [0, 0.1) is 23.5 Å². The number of aromatic nitrogens is 1. The number of halogens is 2. The number of H-pyrrole nitrogens is 1. The van der Waals surface area contributed by atoms with Crippen molar-refractivity contribution in [2.45, 2.75) is 45.2 Å². The van der Waals surface area contributed by atoms with Gasteiger partial charge in [0, 0.05) is 35.3 Å². The zero-order chi connectivity index (χ0) is 26.5. The maximum atomic E-state index is 14.0. The zero-order valence-electron chi connectivity index (χ0n) is 21.3. The number of aromatic amines is 1. The van der Waals surface area contributed by atoms with Crippen LogP contribution < -0.4 is 11.1 Å². The Morgan fingerprint density at radius 3 is 2.51 bits per heavy atom. The number of nitrogens with zero attached hydrogens (tertiary/aromatic N) is 2. The van der Waals surface area contributed by atoms with E-state index in [2.05, 4.69) is 47.0 Å². The Balaban J connectivity index is 0.000000212. The van der Waals surface area contributed by atoms with Gasteiger partial charge in [0.05, 0.1) is 17.1 Å². The minimum absolute atomic E-state index is 0.0718. The molecule has 1 aromatic heterocycles. The number of aliphatic carboxylic acids is 1. The maximum absolute atomic E-state index is 14.0. The summed E-state index contributed by atoms with van der Waals surface area (Å²) in [6.45, 7) is 9.40. The molecule has 7 rings (SSSR count). The van der Waals surface area contributed by atoms with E-state index in [9.17, 15) is 13.6 Å². The van der Waals surface area contributed by atoms with E-state index >= 15 is 0 Å². The molecular formula is C28H33F2N5O2. The van der Waals surface area contributed by atoms with Gasteiger partial charge in [-0.2, -0.15) is 0 Å². The molecule has 3 saturated heterocycles. The molecule has 0 aliphatic carbocycles. The number of carbonyl (C=O) groups is 1. The predicted octanol–water partition coefficient (Wildman–Crippen LogP) is 4.99. The van der Waals surface area contributed by atoms with Crippen molar-refractivity contribution in [3.05, 3.63) is 64.9 Å². The van der Waals surface area contributed by atoms with E-state index in [-0.39, 0.29) is 16.8 Å². The molecule has 5 heterocycles. The molecule has 2 aromatic carbocycles. The van der Waals surface area contributed by atoms with E-state index in [1.165, 1.54) is 6.07 Å². The summed E-state index contributed by atoms with van der Waals surface area (Å²) in [6.07, 6.45) is 3.26. The number of carboxylic acid groups (broad SMARTS) is 1. The monoisotopic (exact) mass is 509 g/mol. The third-order valence-corrected chi connectivity index (χ3v) is 7.67. The lowest BCUT2D eigenvalue weighted by Gasteiger charge is -2.42.